The Hall–Kier alpha value is -1.71. The van der Waals surface area contributed by atoms with Gasteiger partial charge < -0.3 is 15.4 Å². The lowest BCUT2D eigenvalue weighted by Crippen LogP contribution is -2.35. The van der Waals surface area contributed by atoms with Crippen molar-refractivity contribution in [3.05, 3.63) is 24.3 Å². The van der Waals surface area contributed by atoms with E-state index >= 15 is 0 Å². The van der Waals surface area contributed by atoms with Crippen LogP contribution in [-0.4, -0.2) is 30.5 Å². The van der Waals surface area contributed by atoms with Crippen molar-refractivity contribution in [1.29, 1.82) is 0 Å². The number of carbonyl (C=O) groups is 1. The summed E-state index contributed by atoms with van der Waals surface area (Å²) < 4.78 is 5.59. The van der Waals surface area contributed by atoms with Crippen LogP contribution in [-0.2, 0) is 4.79 Å². The average Bonchev–Trinajstić information content (AvgIpc) is 2.50. The van der Waals surface area contributed by atoms with Crippen molar-refractivity contribution in [2.24, 2.45) is 5.92 Å². The maximum atomic E-state index is 12.2. The van der Waals surface area contributed by atoms with Crippen LogP contribution in [0.2, 0.25) is 0 Å². The van der Waals surface area contributed by atoms with Crippen molar-refractivity contribution in [2.45, 2.75) is 40.0 Å². The molecule has 1 amide bonds. The zero-order chi connectivity index (χ0) is 15.7. The number of hydrogen-bond acceptors (Lipinski definition) is 3. The largest absolute Gasteiger partial charge is 0.491 e. The molecule has 118 valence electrons. The summed E-state index contributed by atoms with van der Waals surface area (Å²) in [6.07, 6.45) is 2.61. The molecular formula is C17H28N2O2. The number of amides is 1. The standard InChI is InChI=1S/C17H28N2O2/c1-4-14(5-2)13-19(6-3)17(20)11-12-21-16-10-8-7-9-15(16)18/h7-10,14H,4-6,11-13,18H2,1-3H3. The summed E-state index contributed by atoms with van der Waals surface area (Å²) in [6.45, 7) is 8.34. The summed E-state index contributed by atoms with van der Waals surface area (Å²) in [4.78, 5) is 14.2. The van der Waals surface area contributed by atoms with Crippen LogP contribution in [0.25, 0.3) is 0 Å². The van der Waals surface area contributed by atoms with Crippen molar-refractivity contribution in [2.75, 3.05) is 25.4 Å². The third-order valence-corrected chi connectivity index (χ3v) is 3.86. The van der Waals surface area contributed by atoms with Crippen molar-refractivity contribution in [3.63, 3.8) is 0 Å². The number of ether oxygens (including phenoxy) is 1. The van der Waals surface area contributed by atoms with Crippen LogP contribution in [0.1, 0.15) is 40.0 Å². The average molecular weight is 292 g/mol. The maximum absolute atomic E-state index is 12.2. The molecule has 21 heavy (non-hydrogen) atoms. The van der Waals surface area contributed by atoms with Gasteiger partial charge in [-0.3, -0.25) is 4.79 Å². The van der Waals surface area contributed by atoms with Crippen LogP contribution in [0.15, 0.2) is 24.3 Å². The molecule has 0 fully saturated rings. The van der Waals surface area contributed by atoms with Crippen molar-refractivity contribution >= 4 is 11.6 Å². The van der Waals surface area contributed by atoms with Crippen LogP contribution in [0.3, 0.4) is 0 Å². The Balaban J connectivity index is 2.42. The lowest BCUT2D eigenvalue weighted by atomic mass is 10.0. The molecule has 0 heterocycles. The first-order chi connectivity index (χ1) is 10.1. The minimum Gasteiger partial charge on any atom is -0.491 e. The van der Waals surface area contributed by atoms with Crippen LogP contribution < -0.4 is 10.5 Å². The molecule has 0 radical (unpaired) electrons. The van der Waals surface area contributed by atoms with Crippen molar-refractivity contribution < 1.29 is 9.53 Å². The van der Waals surface area contributed by atoms with Gasteiger partial charge in [-0.15, -0.1) is 0 Å². The highest BCUT2D eigenvalue weighted by Gasteiger charge is 2.15. The zero-order valence-corrected chi connectivity index (χ0v) is 13.5. The molecule has 4 heteroatoms. The molecule has 0 bridgehead atoms. The van der Waals surface area contributed by atoms with E-state index in [0.29, 0.717) is 30.4 Å². The van der Waals surface area contributed by atoms with Crippen LogP contribution in [0.5, 0.6) is 5.75 Å². The molecule has 0 saturated heterocycles. The van der Waals surface area contributed by atoms with E-state index in [1.165, 1.54) is 0 Å². The predicted octanol–water partition coefficient (Wildman–Crippen LogP) is 3.32. The highest BCUT2D eigenvalue weighted by atomic mass is 16.5. The second-order valence-electron chi connectivity index (χ2n) is 5.25. The summed E-state index contributed by atoms with van der Waals surface area (Å²) in [5.74, 6) is 1.38. The molecule has 1 aromatic rings. The first kappa shape index (κ1) is 17.3. The van der Waals surface area contributed by atoms with Gasteiger partial charge in [-0.2, -0.15) is 0 Å². The fourth-order valence-corrected chi connectivity index (χ4v) is 2.28. The Morgan fingerprint density at radius 1 is 1.24 bits per heavy atom. The zero-order valence-electron chi connectivity index (χ0n) is 13.5. The van der Waals surface area contributed by atoms with E-state index in [1.807, 2.05) is 30.0 Å². The van der Waals surface area contributed by atoms with Gasteiger partial charge >= 0.3 is 0 Å². The van der Waals surface area contributed by atoms with E-state index in [2.05, 4.69) is 13.8 Å². The van der Waals surface area contributed by atoms with E-state index in [-0.39, 0.29) is 5.91 Å². The SMILES string of the molecule is CCC(CC)CN(CC)C(=O)CCOc1ccccc1N. The van der Waals surface area contributed by atoms with Crippen LogP contribution in [0, 0.1) is 5.92 Å². The van der Waals surface area contributed by atoms with E-state index in [9.17, 15) is 4.79 Å². The van der Waals surface area contributed by atoms with E-state index < -0.39 is 0 Å². The fraction of sp³-hybridized carbons (Fsp3) is 0.588. The summed E-state index contributed by atoms with van der Waals surface area (Å²) in [5, 5.41) is 0. The fourth-order valence-electron chi connectivity index (χ4n) is 2.28. The number of nitrogen functional groups attached to an aromatic ring is 1. The van der Waals surface area contributed by atoms with Gasteiger partial charge in [0.25, 0.3) is 0 Å². The van der Waals surface area contributed by atoms with Gasteiger partial charge in [0.05, 0.1) is 18.7 Å². The molecule has 0 aliphatic rings. The minimum atomic E-state index is 0.152. The van der Waals surface area contributed by atoms with Crippen LogP contribution >= 0.6 is 0 Å². The molecule has 0 atom stereocenters. The first-order valence-electron chi connectivity index (χ1n) is 7.87. The quantitative estimate of drug-likeness (QED) is 0.710. The molecule has 1 aromatic carbocycles. The number of anilines is 1. The Kier molecular flexibility index (Phi) is 7.65. The highest BCUT2D eigenvalue weighted by molar-refractivity contribution is 5.76. The molecule has 1 rings (SSSR count). The number of hydrogen-bond donors (Lipinski definition) is 1. The second kappa shape index (κ2) is 9.27. The molecule has 4 nitrogen and oxygen atoms in total. The van der Waals surface area contributed by atoms with E-state index in [1.54, 1.807) is 6.07 Å². The van der Waals surface area contributed by atoms with E-state index in [4.69, 9.17) is 10.5 Å². The maximum Gasteiger partial charge on any atom is 0.225 e. The third kappa shape index (κ3) is 5.66. The van der Waals surface area contributed by atoms with Gasteiger partial charge in [0.15, 0.2) is 0 Å². The molecule has 2 N–H and O–H groups in total. The number of carbonyl (C=O) groups excluding carboxylic acids is 1. The molecule has 0 unspecified atom stereocenters. The second-order valence-corrected chi connectivity index (χ2v) is 5.25. The normalized spacial score (nSPS) is 10.7. The predicted molar refractivity (Wildman–Crippen MR) is 87.3 cm³/mol. The Labute approximate surface area is 128 Å². The number of para-hydroxylation sites is 2. The Morgan fingerprint density at radius 3 is 2.48 bits per heavy atom. The van der Waals surface area contributed by atoms with Gasteiger partial charge in [-0.25, -0.2) is 0 Å². The topological polar surface area (TPSA) is 55.6 Å². The van der Waals surface area contributed by atoms with Crippen molar-refractivity contribution in [3.8, 4) is 5.75 Å². The Bertz CT molecular complexity index is 431. The van der Waals surface area contributed by atoms with Crippen molar-refractivity contribution in [1.82, 2.24) is 4.90 Å². The summed E-state index contributed by atoms with van der Waals surface area (Å²) >= 11 is 0. The molecule has 0 aromatic heterocycles. The lowest BCUT2D eigenvalue weighted by Gasteiger charge is -2.25. The van der Waals surface area contributed by atoms with Gasteiger partial charge in [-0.1, -0.05) is 38.8 Å². The van der Waals surface area contributed by atoms with Gasteiger partial charge in [0.2, 0.25) is 5.91 Å². The monoisotopic (exact) mass is 292 g/mol. The number of rotatable bonds is 9. The number of benzene rings is 1. The number of nitrogens with zero attached hydrogens (tertiary/aromatic N) is 1. The molecule has 0 saturated carbocycles. The molecule has 0 spiro atoms. The van der Waals surface area contributed by atoms with Gasteiger partial charge in [-0.05, 0) is 25.0 Å². The van der Waals surface area contributed by atoms with Gasteiger partial charge in [0.1, 0.15) is 5.75 Å². The summed E-state index contributed by atoms with van der Waals surface area (Å²) in [7, 11) is 0. The first-order valence-corrected chi connectivity index (χ1v) is 7.87. The number of nitrogens with two attached hydrogens (primary N) is 1. The van der Waals surface area contributed by atoms with E-state index in [0.717, 1.165) is 25.9 Å². The summed E-state index contributed by atoms with van der Waals surface area (Å²) in [5.41, 5.74) is 6.41. The highest BCUT2D eigenvalue weighted by Crippen LogP contribution is 2.20. The Morgan fingerprint density at radius 2 is 1.90 bits per heavy atom. The lowest BCUT2D eigenvalue weighted by molar-refractivity contribution is -0.132. The minimum absolute atomic E-state index is 0.152. The van der Waals surface area contributed by atoms with Crippen LogP contribution in [0.4, 0.5) is 5.69 Å². The summed E-state index contributed by atoms with van der Waals surface area (Å²) in [6, 6.07) is 7.35. The van der Waals surface area contributed by atoms with Gasteiger partial charge in [0, 0.05) is 13.1 Å². The molecular weight excluding hydrogens is 264 g/mol. The molecule has 0 aliphatic carbocycles. The molecule has 0 aliphatic heterocycles. The third-order valence-electron chi connectivity index (χ3n) is 3.86. The smallest absolute Gasteiger partial charge is 0.225 e.